The van der Waals surface area contributed by atoms with Gasteiger partial charge in [-0.25, -0.2) is 4.79 Å². The molecule has 2 aromatic heterocycles. The first kappa shape index (κ1) is 17.4. The summed E-state index contributed by atoms with van der Waals surface area (Å²) in [6, 6.07) is 10.1. The number of aromatic nitrogens is 2. The minimum absolute atomic E-state index is 0.0255. The molecule has 1 saturated heterocycles. The number of aryl methyl sites for hydroxylation is 1. The second-order valence-electron chi connectivity index (χ2n) is 6.37. The molecule has 0 spiro atoms. The van der Waals surface area contributed by atoms with Crippen LogP contribution in [0.3, 0.4) is 0 Å². The molecule has 0 unspecified atom stereocenters. The van der Waals surface area contributed by atoms with Gasteiger partial charge in [0.1, 0.15) is 0 Å². The second-order valence-corrected chi connectivity index (χ2v) is 6.37. The van der Waals surface area contributed by atoms with Crippen LogP contribution in [0, 0.1) is 6.92 Å². The average molecular weight is 339 g/mol. The third kappa shape index (κ3) is 5.26. The van der Waals surface area contributed by atoms with Crippen molar-refractivity contribution < 1.29 is 4.79 Å². The van der Waals surface area contributed by atoms with E-state index in [0.29, 0.717) is 6.54 Å². The van der Waals surface area contributed by atoms with E-state index in [1.165, 1.54) is 0 Å². The smallest absolute Gasteiger partial charge is 0.317 e. The Labute approximate surface area is 148 Å². The van der Waals surface area contributed by atoms with Crippen LogP contribution in [-0.4, -0.2) is 58.5 Å². The molecule has 0 atom stereocenters. The number of carbonyl (C=O) groups excluding carboxylic acids is 1. The van der Waals surface area contributed by atoms with Crippen LogP contribution in [0.5, 0.6) is 0 Å². The first-order chi connectivity index (χ1) is 12.2. The monoisotopic (exact) mass is 339 g/mol. The fraction of sp³-hybridized carbons (Fsp3) is 0.421. The first-order valence-corrected chi connectivity index (χ1v) is 8.77. The van der Waals surface area contributed by atoms with Crippen LogP contribution in [-0.2, 0) is 13.0 Å². The number of hydrogen-bond donors (Lipinski definition) is 1. The molecule has 0 aromatic carbocycles. The number of urea groups is 1. The number of hydrogen-bond acceptors (Lipinski definition) is 4. The third-order valence-electron chi connectivity index (χ3n) is 4.43. The zero-order chi connectivity index (χ0) is 17.5. The van der Waals surface area contributed by atoms with Gasteiger partial charge in [0, 0.05) is 57.4 Å². The van der Waals surface area contributed by atoms with E-state index >= 15 is 0 Å². The van der Waals surface area contributed by atoms with Crippen molar-refractivity contribution in [2.75, 3.05) is 32.7 Å². The summed E-state index contributed by atoms with van der Waals surface area (Å²) in [6.07, 6.45) is 4.50. The Morgan fingerprint density at radius 1 is 1.12 bits per heavy atom. The Bertz CT molecular complexity index is 666. The number of nitrogens with one attached hydrogen (secondary N) is 1. The minimum Gasteiger partial charge on any atom is -0.338 e. The van der Waals surface area contributed by atoms with Gasteiger partial charge in [0.15, 0.2) is 0 Å². The SMILES string of the molecule is Cc1ccc(CCNC(=O)N2CCN(Cc3ccccn3)CC2)cn1. The van der Waals surface area contributed by atoms with E-state index in [2.05, 4.69) is 26.3 Å². The molecule has 2 amide bonds. The van der Waals surface area contributed by atoms with Gasteiger partial charge in [0.25, 0.3) is 0 Å². The summed E-state index contributed by atoms with van der Waals surface area (Å²) in [5, 5.41) is 3.01. The molecule has 6 heteroatoms. The van der Waals surface area contributed by atoms with Crippen LogP contribution < -0.4 is 5.32 Å². The van der Waals surface area contributed by atoms with Crippen molar-refractivity contribution in [2.24, 2.45) is 0 Å². The van der Waals surface area contributed by atoms with Gasteiger partial charge in [0.2, 0.25) is 0 Å². The molecule has 0 aliphatic carbocycles. The van der Waals surface area contributed by atoms with Crippen molar-refractivity contribution in [3.63, 3.8) is 0 Å². The molecule has 3 rings (SSSR count). The van der Waals surface area contributed by atoms with Crippen molar-refractivity contribution in [1.82, 2.24) is 25.1 Å². The van der Waals surface area contributed by atoms with E-state index in [4.69, 9.17) is 0 Å². The van der Waals surface area contributed by atoms with Gasteiger partial charge in [-0.1, -0.05) is 12.1 Å². The van der Waals surface area contributed by atoms with Crippen molar-refractivity contribution >= 4 is 6.03 Å². The van der Waals surface area contributed by atoms with Crippen molar-refractivity contribution in [1.29, 1.82) is 0 Å². The Kier molecular flexibility index (Phi) is 5.95. The number of amides is 2. The van der Waals surface area contributed by atoms with Gasteiger partial charge >= 0.3 is 6.03 Å². The van der Waals surface area contributed by atoms with Gasteiger partial charge in [0.05, 0.1) is 5.69 Å². The summed E-state index contributed by atoms with van der Waals surface area (Å²) in [5.74, 6) is 0. The van der Waals surface area contributed by atoms with Gasteiger partial charge in [-0.3, -0.25) is 14.9 Å². The Balaban J connectivity index is 1.37. The Morgan fingerprint density at radius 3 is 2.64 bits per heavy atom. The van der Waals surface area contributed by atoms with Crippen molar-refractivity contribution in [3.8, 4) is 0 Å². The highest BCUT2D eigenvalue weighted by Gasteiger charge is 2.20. The fourth-order valence-electron chi connectivity index (χ4n) is 2.90. The predicted molar refractivity (Wildman–Crippen MR) is 97.2 cm³/mol. The molecule has 3 heterocycles. The summed E-state index contributed by atoms with van der Waals surface area (Å²) < 4.78 is 0. The van der Waals surface area contributed by atoms with Crippen LogP contribution >= 0.6 is 0 Å². The maximum Gasteiger partial charge on any atom is 0.317 e. The van der Waals surface area contributed by atoms with E-state index in [0.717, 1.165) is 56.1 Å². The molecule has 1 N–H and O–H groups in total. The Morgan fingerprint density at radius 2 is 1.96 bits per heavy atom. The summed E-state index contributed by atoms with van der Waals surface area (Å²) in [5.41, 5.74) is 3.23. The maximum atomic E-state index is 12.3. The van der Waals surface area contributed by atoms with E-state index in [1.54, 1.807) is 0 Å². The number of nitrogens with zero attached hydrogens (tertiary/aromatic N) is 4. The molecule has 1 aliphatic rings. The first-order valence-electron chi connectivity index (χ1n) is 8.77. The number of rotatable bonds is 5. The minimum atomic E-state index is 0.0255. The van der Waals surface area contributed by atoms with Gasteiger partial charge in [-0.05, 0) is 37.1 Å². The van der Waals surface area contributed by atoms with Crippen LogP contribution in [0.15, 0.2) is 42.7 Å². The maximum absolute atomic E-state index is 12.3. The molecule has 6 nitrogen and oxygen atoms in total. The molecule has 25 heavy (non-hydrogen) atoms. The highest BCUT2D eigenvalue weighted by Crippen LogP contribution is 2.07. The topological polar surface area (TPSA) is 61.4 Å². The Hall–Kier alpha value is -2.47. The lowest BCUT2D eigenvalue weighted by Crippen LogP contribution is -2.51. The van der Waals surface area contributed by atoms with E-state index in [-0.39, 0.29) is 6.03 Å². The highest BCUT2D eigenvalue weighted by atomic mass is 16.2. The summed E-state index contributed by atoms with van der Waals surface area (Å²) in [6.45, 7) is 6.72. The molecule has 0 saturated carbocycles. The molecular formula is C19H25N5O. The van der Waals surface area contributed by atoms with E-state index in [1.807, 2.05) is 48.5 Å². The molecule has 1 aliphatic heterocycles. The predicted octanol–water partition coefficient (Wildman–Crippen LogP) is 1.85. The normalized spacial score (nSPS) is 15.2. The lowest BCUT2D eigenvalue weighted by Gasteiger charge is -2.34. The lowest BCUT2D eigenvalue weighted by atomic mass is 10.2. The number of piperazine rings is 1. The van der Waals surface area contributed by atoms with Crippen LogP contribution in [0.1, 0.15) is 17.0 Å². The molecule has 2 aromatic rings. The summed E-state index contributed by atoms with van der Waals surface area (Å²) in [4.78, 5) is 25.1. The molecule has 132 valence electrons. The third-order valence-corrected chi connectivity index (χ3v) is 4.43. The largest absolute Gasteiger partial charge is 0.338 e. The second kappa shape index (κ2) is 8.58. The quantitative estimate of drug-likeness (QED) is 0.903. The molecule has 0 radical (unpaired) electrons. The van der Waals surface area contributed by atoms with E-state index in [9.17, 15) is 4.79 Å². The highest BCUT2D eigenvalue weighted by molar-refractivity contribution is 5.74. The average Bonchev–Trinajstić information content (AvgIpc) is 2.65. The van der Waals surface area contributed by atoms with E-state index < -0.39 is 0 Å². The molecule has 1 fully saturated rings. The van der Waals surface area contributed by atoms with Crippen LogP contribution in [0.4, 0.5) is 4.79 Å². The van der Waals surface area contributed by atoms with Crippen LogP contribution in [0.25, 0.3) is 0 Å². The number of pyridine rings is 2. The van der Waals surface area contributed by atoms with Crippen molar-refractivity contribution in [3.05, 3.63) is 59.7 Å². The van der Waals surface area contributed by atoms with Gasteiger partial charge in [-0.15, -0.1) is 0 Å². The molecule has 0 bridgehead atoms. The fourth-order valence-corrected chi connectivity index (χ4v) is 2.90. The summed E-state index contributed by atoms with van der Waals surface area (Å²) >= 11 is 0. The van der Waals surface area contributed by atoms with Crippen molar-refractivity contribution in [2.45, 2.75) is 19.9 Å². The van der Waals surface area contributed by atoms with Gasteiger partial charge < -0.3 is 10.2 Å². The lowest BCUT2D eigenvalue weighted by molar-refractivity contribution is 0.134. The molecular weight excluding hydrogens is 314 g/mol. The zero-order valence-corrected chi connectivity index (χ0v) is 14.7. The van der Waals surface area contributed by atoms with Crippen LogP contribution in [0.2, 0.25) is 0 Å². The van der Waals surface area contributed by atoms with Gasteiger partial charge in [-0.2, -0.15) is 0 Å². The standard InChI is InChI=1S/C19H25N5O/c1-16-5-6-17(14-22-16)7-9-21-19(25)24-12-10-23(11-13-24)15-18-4-2-3-8-20-18/h2-6,8,14H,7,9-13,15H2,1H3,(H,21,25). The number of carbonyl (C=O) groups is 1. The summed E-state index contributed by atoms with van der Waals surface area (Å²) in [7, 11) is 0. The zero-order valence-electron chi connectivity index (χ0n) is 14.7.